The summed E-state index contributed by atoms with van der Waals surface area (Å²) in [4.78, 5) is 23.3. The third kappa shape index (κ3) is 2.13. The average Bonchev–Trinajstić information content (AvgIpc) is 2.91. The first kappa shape index (κ1) is 13.4. The first-order valence-corrected chi connectivity index (χ1v) is 7.09. The SMILES string of the molecule is Cc1ccc2nc(C)c(-c3cc4[nH]c(=O)cc(O)n4n3)nc2c1. The summed E-state index contributed by atoms with van der Waals surface area (Å²) in [6.07, 6.45) is 0. The molecule has 0 unspecified atom stereocenters. The molecule has 0 radical (unpaired) electrons. The Labute approximate surface area is 130 Å². The van der Waals surface area contributed by atoms with Crippen LogP contribution in [-0.4, -0.2) is 29.7 Å². The molecule has 0 fully saturated rings. The van der Waals surface area contributed by atoms with E-state index < -0.39 is 5.56 Å². The second-order valence-electron chi connectivity index (χ2n) is 5.47. The average molecular weight is 307 g/mol. The maximum atomic E-state index is 11.4. The zero-order chi connectivity index (χ0) is 16.1. The monoisotopic (exact) mass is 307 g/mol. The van der Waals surface area contributed by atoms with Gasteiger partial charge in [-0.05, 0) is 31.5 Å². The van der Waals surface area contributed by atoms with Crippen LogP contribution >= 0.6 is 0 Å². The molecule has 0 atom stereocenters. The molecule has 0 bridgehead atoms. The van der Waals surface area contributed by atoms with Gasteiger partial charge in [0.2, 0.25) is 5.88 Å². The summed E-state index contributed by atoms with van der Waals surface area (Å²) in [6.45, 7) is 3.85. The standard InChI is InChI=1S/C16H13N5O2/c1-8-3-4-10-11(5-8)18-16(9(2)17-10)12-6-13-19-14(22)7-15(23)21(13)20-12/h3-7,23H,1-2H3,(H,19,22). The summed E-state index contributed by atoms with van der Waals surface area (Å²) in [5, 5.41) is 14.1. The van der Waals surface area contributed by atoms with E-state index in [1.807, 2.05) is 32.0 Å². The van der Waals surface area contributed by atoms with Crippen molar-refractivity contribution in [1.29, 1.82) is 0 Å². The summed E-state index contributed by atoms with van der Waals surface area (Å²) >= 11 is 0. The first-order chi connectivity index (χ1) is 11.0. The Hall–Kier alpha value is -3.22. The molecule has 7 heteroatoms. The number of benzene rings is 1. The molecular weight excluding hydrogens is 294 g/mol. The van der Waals surface area contributed by atoms with Gasteiger partial charge in [0.1, 0.15) is 17.0 Å². The van der Waals surface area contributed by atoms with E-state index in [0.29, 0.717) is 17.0 Å². The Bertz CT molecular complexity index is 1130. The van der Waals surface area contributed by atoms with Crippen LogP contribution in [0.4, 0.5) is 0 Å². The molecule has 0 amide bonds. The van der Waals surface area contributed by atoms with Crippen LogP contribution in [-0.2, 0) is 0 Å². The number of nitrogens with one attached hydrogen (secondary N) is 1. The Morgan fingerprint density at radius 3 is 2.74 bits per heavy atom. The number of H-pyrrole nitrogens is 1. The van der Waals surface area contributed by atoms with Crippen LogP contribution < -0.4 is 5.56 Å². The molecule has 0 aliphatic rings. The van der Waals surface area contributed by atoms with Gasteiger partial charge >= 0.3 is 0 Å². The molecule has 2 N–H and O–H groups in total. The maximum absolute atomic E-state index is 11.4. The molecule has 0 saturated carbocycles. The molecule has 0 spiro atoms. The van der Waals surface area contributed by atoms with Crippen LogP contribution in [0.5, 0.6) is 5.88 Å². The lowest BCUT2D eigenvalue weighted by atomic mass is 10.2. The summed E-state index contributed by atoms with van der Waals surface area (Å²) in [7, 11) is 0. The summed E-state index contributed by atoms with van der Waals surface area (Å²) in [5.41, 5.74) is 4.58. The van der Waals surface area contributed by atoms with E-state index in [1.165, 1.54) is 4.52 Å². The van der Waals surface area contributed by atoms with Crippen molar-refractivity contribution < 1.29 is 5.11 Å². The number of fused-ring (bicyclic) bond motifs is 2. The molecule has 1 aromatic carbocycles. The lowest BCUT2D eigenvalue weighted by Gasteiger charge is -2.04. The Morgan fingerprint density at radius 1 is 1.09 bits per heavy atom. The Balaban J connectivity index is 1.99. The van der Waals surface area contributed by atoms with Gasteiger partial charge in [-0.15, -0.1) is 0 Å². The van der Waals surface area contributed by atoms with Crippen molar-refractivity contribution in [1.82, 2.24) is 24.6 Å². The van der Waals surface area contributed by atoms with Gasteiger partial charge in [-0.2, -0.15) is 9.61 Å². The summed E-state index contributed by atoms with van der Waals surface area (Å²) < 4.78 is 1.26. The van der Waals surface area contributed by atoms with Crippen molar-refractivity contribution in [2.75, 3.05) is 0 Å². The van der Waals surface area contributed by atoms with Crippen LogP contribution in [0, 0.1) is 13.8 Å². The normalized spacial score (nSPS) is 11.4. The molecule has 3 heterocycles. The number of aromatic hydroxyl groups is 1. The Morgan fingerprint density at radius 2 is 1.91 bits per heavy atom. The van der Waals surface area contributed by atoms with E-state index in [-0.39, 0.29) is 5.88 Å². The molecule has 114 valence electrons. The zero-order valence-electron chi connectivity index (χ0n) is 12.5. The largest absolute Gasteiger partial charge is 0.493 e. The quantitative estimate of drug-likeness (QED) is 0.560. The molecule has 4 aromatic rings. The van der Waals surface area contributed by atoms with Gasteiger partial charge in [-0.25, -0.2) is 9.97 Å². The van der Waals surface area contributed by atoms with Gasteiger partial charge in [-0.3, -0.25) is 4.79 Å². The predicted molar refractivity (Wildman–Crippen MR) is 85.5 cm³/mol. The van der Waals surface area contributed by atoms with Crippen molar-refractivity contribution in [3.8, 4) is 17.3 Å². The van der Waals surface area contributed by atoms with Crippen LogP contribution in [0.15, 0.2) is 35.1 Å². The predicted octanol–water partition coefficient (Wildman–Crippen LogP) is 1.96. The minimum atomic E-state index is -0.390. The number of aromatic nitrogens is 5. The van der Waals surface area contributed by atoms with Gasteiger partial charge in [0.25, 0.3) is 5.56 Å². The molecule has 7 nitrogen and oxygen atoms in total. The highest BCUT2D eigenvalue weighted by atomic mass is 16.3. The number of nitrogens with zero attached hydrogens (tertiary/aromatic N) is 4. The lowest BCUT2D eigenvalue weighted by Crippen LogP contribution is -2.06. The van der Waals surface area contributed by atoms with Crippen LogP contribution in [0.3, 0.4) is 0 Å². The van der Waals surface area contributed by atoms with E-state index >= 15 is 0 Å². The van der Waals surface area contributed by atoms with Gasteiger partial charge in [-0.1, -0.05) is 6.07 Å². The number of aromatic amines is 1. The van der Waals surface area contributed by atoms with Gasteiger partial charge < -0.3 is 10.1 Å². The zero-order valence-corrected chi connectivity index (χ0v) is 12.5. The van der Waals surface area contributed by atoms with Gasteiger partial charge in [0.15, 0.2) is 0 Å². The third-order valence-electron chi connectivity index (χ3n) is 3.67. The van der Waals surface area contributed by atoms with Crippen LogP contribution in [0.1, 0.15) is 11.3 Å². The Kier molecular flexibility index (Phi) is 2.71. The number of aryl methyl sites for hydroxylation is 2. The van der Waals surface area contributed by atoms with E-state index in [4.69, 9.17) is 0 Å². The minimum Gasteiger partial charge on any atom is -0.493 e. The van der Waals surface area contributed by atoms with E-state index in [0.717, 1.165) is 28.4 Å². The highest BCUT2D eigenvalue weighted by Crippen LogP contribution is 2.24. The van der Waals surface area contributed by atoms with Gasteiger partial charge in [0.05, 0.1) is 22.8 Å². The number of hydrogen-bond donors (Lipinski definition) is 2. The first-order valence-electron chi connectivity index (χ1n) is 7.09. The molecule has 3 aromatic heterocycles. The van der Waals surface area contributed by atoms with Crippen LogP contribution in [0.25, 0.3) is 28.1 Å². The minimum absolute atomic E-state index is 0.225. The van der Waals surface area contributed by atoms with Crippen molar-refractivity contribution in [3.05, 3.63) is 51.9 Å². The fraction of sp³-hybridized carbons (Fsp3) is 0.125. The highest BCUT2D eigenvalue weighted by molar-refractivity contribution is 5.78. The molecule has 0 saturated heterocycles. The smallest absolute Gasteiger partial charge is 0.254 e. The van der Waals surface area contributed by atoms with Crippen molar-refractivity contribution in [3.63, 3.8) is 0 Å². The lowest BCUT2D eigenvalue weighted by molar-refractivity contribution is 0.434. The van der Waals surface area contributed by atoms with Crippen molar-refractivity contribution >= 4 is 16.7 Å². The molecule has 0 aliphatic carbocycles. The molecule has 4 rings (SSSR count). The highest BCUT2D eigenvalue weighted by Gasteiger charge is 2.13. The van der Waals surface area contributed by atoms with E-state index in [9.17, 15) is 9.90 Å². The summed E-state index contributed by atoms with van der Waals surface area (Å²) in [5.74, 6) is -0.225. The molecule has 0 aliphatic heterocycles. The fourth-order valence-electron chi connectivity index (χ4n) is 2.60. The maximum Gasteiger partial charge on any atom is 0.254 e. The number of hydrogen-bond acceptors (Lipinski definition) is 5. The van der Waals surface area contributed by atoms with Gasteiger partial charge in [0, 0.05) is 6.07 Å². The molecular formula is C16H13N5O2. The second-order valence-corrected chi connectivity index (χ2v) is 5.47. The van der Waals surface area contributed by atoms with E-state index in [2.05, 4.69) is 20.1 Å². The fourth-order valence-corrected chi connectivity index (χ4v) is 2.60. The van der Waals surface area contributed by atoms with Crippen molar-refractivity contribution in [2.45, 2.75) is 13.8 Å². The third-order valence-corrected chi connectivity index (χ3v) is 3.67. The summed E-state index contributed by atoms with van der Waals surface area (Å²) in [6, 6.07) is 8.62. The van der Waals surface area contributed by atoms with Crippen molar-refractivity contribution in [2.24, 2.45) is 0 Å². The molecule has 23 heavy (non-hydrogen) atoms. The van der Waals surface area contributed by atoms with E-state index in [1.54, 1.807) is 6.07 Å². The topological polar surface area (TPSA) is 96.2 Å². The van der Waals surface area contributed by atoms with Crippen LogP contribution in [0.2, 0.25) is 0 Å². The number of rotatable bonds is 1. The second kappa shape index (κ2) is 4.64.